The third-order valence-corrected chi connectivity index (χ3v) is 3.82. The first-order valence-electron chi connectivity index (χ1n) is 6.70. The topological polar surface area (TPSA) is 50.9 Å². The molecule has 1 heterocycles. The SMILES string of the molecule is Cc1nc(CCNCCCc2cccc(N)c2)cs1. The van der Waals surface area contributed by atoms with E-state index < -0.39 is 0 Å². The van der Waals surface area contributed by atoms with Gasteiger partial charge in [-0.2, -0.15) is 0 Å². The summed E-state index contributed by atoms with van der Waals surface area (Å²) in [5, 5.41) is 6.75. The van der Waals surface area contributed by atoms with E-state index in [1.54, 1.807) is 11.3 Å². The molecule has 0 unspecified atom stereocenters. The van der Waals surface area contributed by atoms with E-state index in [0.29, 0.717) is 0 Å². The number of aromatic nitrogens is 1. The number of thiazole rings is 1. The molecule has 0 saturated carbocycles. The summed E-state index contributed by atoms with van der Waals surface area (Å²) in [7, 11) is 0. The highest BCUT2D eigenvalue weighted by molar-refractivity contribution is 7.09. The number of anilines is 1. The second-order valence-corrected chi connectivity index (χ2v) is 5.77. The average molecular weight is 275 g/mol. The van der Waals surface area contributed by atoms with Gasteiger partial charge in [0, 0.05) is 24.0 Å². The smallest absolute Gasteiger partial charge is 0.0897 e. The van der Waals surface area contributed by atoms with Gasteiger partial charge in [0.15, 0.2) is 0 Å². The standard InChI is InChI=1S/C15H21N3S/c1-12-18-15(11-19-12)7-9-17-8-3-5-13-4-2-6-14(16)10-13/h2,4,6,10-11,17H,3,5,7-9,16H2,1H3. The minimum atomic E-state index is 0.851. The molecule has 19 heavy (non-hydrogen) atoms. The maximum atomic E-state index is 5.76. The highest BCUT2D eigenvalue weighted by Gasteiger charge is 1.98. The predicted molar refractivity (Wildman–Crippen MR) is 82.6 cm³/mol. The number of aryl methyl sites for hydroxylation is 2. The number of nitrogen functional groups attached to an aromatic ring is 1. The van der Waals surface area contributed by atoms with E-state index in [9.17, 15) is 0 Å². The van der Waals surface area contributed by atoms with E-state index in [2.05, 4.69) is 27.8 Å². The van der Waals surface area contributed by atoms with Crippen LogP contribution in [-0.2, 0) is 12.8 Å². The maximum absolute atomic E-state index is 5.76. The van der Waals surface area contributed by atoms with Gasteiger partial charge in [-0.1, -0.05) is 12.1 Å². The van der Waals surface area contributed by atoms with Gasteiger partial charge in [-0.3, -0.25) is 0 Å². The lowest BCUT2D eigenvalue weighted by Gasteiger charge is -2.04. The van der Waals surface area contributed by atoms with Crippen LogP contribution in [0.25, 0.3) is 0 Å². The molecular formula is C15H21N3S. The zero-order chi connectivity index (χ0) is 13.5. The summed E-state index contributed by atoms with van der Waals surface area (Å²) in [5.41, 5.74) is 9.12. The molecule has 0 radical (unpaired) electrons. The summed E-state index contributed by atoms with van der Waals surface area (Å²) in [6.07, 6.45) is 3.23. The number of nitrogens with two attached hydrogens (primary N) is 1. The maximum Gasteiger partial charge on any atom is 0.0897 e. The molecule has 2 rings (SSSR count). The van der Waals surface area contributed by atoms with E-state index in [1.165, 1.54) is 11.3 Å². The molecule has 0 aliphatic carbocycles. The first kappa shape index (κ1) is 14.0. The van der Waals surface area contributed by atoms with Gasteiger partial charge >= 0.3 is 0 Å². The summed E-state index contributed by atoms with van der Waals surface area (Å²) in [6.45, 7) is 4.09. The monoisotopic (exact) mass is 275 g/mol. The van der Waals surface area contributed by atoms with Crippen molar-refractivity contribution in [1.29, 1.82) is 0 Å². The average Bonchev–Trinajstić information content (AvgIpc) is 2.79. The Hall–Kier alpha value is -1.39. The molecule has 1 aromatic heterocycles. The van der Waals surface area contributed by atoms with Crippen LogP contribution in [-0.4, -0.2) is 18.1 Å². The van der Waals surface area contributed by atoms with Crippen LogP contribution in [0.15, 0.2) is 29.6 Å². The summed E-state index contributed by atoms with van der Waals surface area (Å²) in [4.78, 5) is 4.45. The van der Waals surface area contributed by atoms with Gasteiger partial charge in [0.2, 0.25) is 0 Å². The minimum absolute atomic E-state index is 0.851. The predicted octanol–water partition coefficient (Wildman–Crippen LogP) is 2.80. The molecule has 0 atom stereocenters. The van der Waals surface area contributed by atoms with Crippen molar-refractivity contribution in [2.24, 2.45) is 0 Å². The second-order valence-electron chi connectivity index (χ2n) is 4.71. The van der Waals surface area contributed by atoms with Gasteiger partial charge in [-0.05, 0) is 44.0 Å². The molecule has 0 aliphatic heterocycles. The van der Waals surface area contributed by atoms with Crippen molar-refractivity contribution in [3.63, 3.8) is 0 Å². The van der Waals surface area contributed by atoms with E-state index in [-0.39, 0.29) is 0 Å². The Morgan fingerprint density at radius 3 is 2.89 bits per heavy atom. The van der Waals surface area contributed by atoms with Crippen LogP contribution in [0.1, 0.15) is 22.7 Å². The molecule has 0 spiro atoms. The molecule has 0 saturated heterocycles. The summed E-state index contributed by atoms with van der Waals surface area (Å²) in [6, 6.07) is 8.13. The third-order valence-electron chi connectivity index (χ3n) is 2.99. The van der Waals surface area contributed by atoms with Gasteiger partial charge in [0.1, 0.15) is 0 Å². The number of nitrogens with zero attached hydrogens (tertiary/aromatic N) is 1. The van der Waals surface area contributed by atoms with Crippen molar-refractivity contribution >= 4 is 17.0 Å². The fourth-order valence-corrected chi connectivity index (χ4v) is 2.68. The lowest BCUT2D eigenvalue weighted by molar-refractivity contribution is 0.644. The van der Waals surface area contributed by atoms with Crippen LogP contribution < -0.4 is 11.1 Å². The fraction of sp³-hybridized carbons (Fsp3) is 0.400. The van der Waals surface area contributed by atoms with Crippen molar-refractivity contribution in [2.45, 2.75) is 26.2 Å². The number of rotatable bonds is 7. The normalized spacial score (nSPS) is 10.8. The van der Waals surface area contributed by atoms with Gasteiger partial charge in [0.05, 0.1) is 10.7 Å². The molecule has 0 fully saturated rings. The van der Waals surface area contributed by atoms with E-state index in [1.807, 2.05) is 19.1 Å². The first-order chi connectivity index (χ1) is 9.24. The highest BCUT2D eigenvalue weighted by Crippen LogP contribution is 2.09. The minimum Gasteiger partial charge on any atom is -0.399 e. The van der Waals surface area contributed by atoms with Crippen LogP contribution in [0.5, 0.6) is 0 Å². The van der Waals surface area contributed by atoms with E-state index >= 15 is 0 Å². The van der Waals surface area contributed by atoms with E-state index in [0.717, 1.165) is 43.0 Å². The Balaban J connectivity index is 1.57. The number of hydrogen-bond donors (Lipinski definition) is 2. The molecule has 1 aromatic carbocycles. The molecule has 3 N–H and O–H groups in total. The Morgan fingerprint density at radius 2 is 2.16 bits per heavy atom. The van der Waals surface area contributed by atoms with Crippen LogP contribution in [0.4, 0.5) is 5.69 Å². The van der Waals surface area contributed by atoms with E-state index in [4.69, 9.17) is 5.73 Å². The van der Waals surface area contributed by atoms with Gasteiger partial charge in [0.25, 0.3) is 0 Å². The van der Waals surface area contributed by atoms with Crippen LogP contribution >= 0.6 is 11.3 Å². The number of nitrogens with one attached hydrogen (secondary N) is 1. The zero-order valence-corrected chi connectivity index (χ0v) is 12.2. The summed E-state index contributed by atoms with van der Waals surface area (Å²) < 4.78 is 0. The zero-order valence-electron chi connectivity index (χ0n) is 11.4. The van der Waals surface area contributed by atoms with Crippen molar-refractivity contribution in [2.75, 3.05) is 18.8 Å². The quantitative estimate of drug-likeness (QED) is 0.603. The van der Waals surface area contributed by atoms with Crippen molar-refractivity contribution in [1.82, 2.24) is 10.3 Å². The van der Waals surface area contributed by atoms with Crippen molar-refractivity contribution < 1.29 is 0 Å². The first-order valence-corrected chi connectivity index (χ1v) is 7.58. The van der Waals surface area contributed by atoms with Gasteiger partial charge in [-0.25, -0.2) is 4.98 Å². The molecule has 2 aromatic rings. The Morgan fingerprint density at radius 1 is 1.26 bits per heavy atom. The Bertz CT molecular complexity index is 508. The highest BCUT2D eigenvalue weighted by atomic mass is 32.1. The lowest BCUT2D eigenvalue weighted by atomic mass is 10.1. The molecular weight excluding hydrogens is 254 g/mol. The second kappa shape index (κ2) is 7.26. The number of hydrogen-bond acceptors (Lipinski definition) is 4. The molecule has 4 heteroatoms. The molecule has 102 valence electrons. The summed E-state index contributed by atoms with van der Waals surface area (Å²) >= 11 is 1.72. The van der Waals surface area contributed by atoms with Crippen LogP contribution in [0, 0.1) is 6.92 Å². The fourth-order valence-electron chi connectivity index (χ4n) is 2.03. The molecule has 0 aliphatic rings. The molecule has 0 bridgehead atoms. The Labute approximate surface area is 118 Å². The molecule has 3 nitrogen and oxygen atoms in total. The lowest BCUT2D eigenvalue weighted by Crippen LogP contribution is -2.19. The summed E-state index contributed by atoms with van der Waals surface area (Å²) in [5.74, 6) is 0. The Kier molecular flexibility index (Phi) is 5.36. The third kappa shape index (κ3) is 5.01. The van der Waals surface area contributed by atoms with Crippen LogP contribution in [0.2, 0.25) is 0 Å². The number of benzene rings is 1. The largest absolute Gasteiger partial charge is 0.399 e. The van der Waals surface area contributed by atoms with Crippen LogP contribution in [0.3, 0.4) is 0 Å². The van der Waals surface area contributed by atoms with Crippen molar-refractivity contribution in [3.8, 4) is 0 Å². The van der Waals surface area contributed by atoms with Gasteiger partial charge in [-0.15, -0.1) is 11.3 Å². The molecule has 0 amide bonds. The van der Waals surface area contributed by atoms with Gasteiger partial charge < -0.3 is 11.1 Å². The van der Waals surface area contributed by atoms with Crippen molar-refractivity contribution in [3.05, 3.63) is 45.9 Å².